The molecule has 0 bridgehead atoms. The van der Waals surface area contributed by atoms with Crippen LogP contribution in [0.2, 0.25) is 0 Å². The number of nitrogens with one attached hydrogen (secondary N) is 1. The van der Waals surface area contributed by atoms with Crippen molar-refractivity contribution < 1.29 is 14.3 Å². The van der Waals surface area contributed by atoms with Gasteiger partial charge in [-0.2, -0.15) is 0 Å². The van der Waals surface area contributed by atoms with Gasteiger partial charge in [-0.25, -0.2) is 0 Å². The number of hydrogen-bond donors (Lipinski definition) is 1. The highest BCUT2D eigenvalue weighted by Gasteiger charge is 2.43. The van der Waals surface area contributed by atoms with Crippen molar-refractivity contribution in [2.75, 3.05) is 13.2 Å². The first-order chi connectivity index (χ1) is 7.92. The average Bonchev–Trinajstić information content (AvgIpc) is 2.66. The summed E-state index contributed by atoms with van der Waals surface area (Å²) >= 11 is 0. The molecule has 5 nitrogen and oxygen atoms in total. The molecule has 2 heterocycles. The molecule has 2 aliphatic rings. The van der Waals surface area contributed by atoms with Crippen molar-refractivity contribution in [1.82, 2.24) is 10.2 Å². The second kappa shape index (κ2) is 4.29. The third kappa shape index (κ3) is 2.29. The fourth-order valence-electron chi connectivity index (χ4n) is 2.61. The minimum atomic E-state index is -0.815. The first-order valence-electron chi connectivity index (χ1n) is 6.13. The van der Waals surface area contributed by atoms with Crippen molar-refractivity contribution in [3.63, 3.8) is 0 Å². The molecule has 2 atom stereocenters. The van der Waals surface area contributed by atoms with Gasteiger partial charge in [0.05, 0.1) is 12.6 Å². The van der Waals surface area contributed by atoms with E-state index in [2.05, 4.69) is 5.32 Å². The van der Waals surface area contributed by atoms with E-state index in [1.165, 1.54) is 0 Å². The Morgan fingerprint density at radius 1 is 1.41 bits per heavy atom. The lowest BCUT2D eigenvalue weighted by Crippen LogP contribution is -2.56. The summed E-state index contributed by atoms with van der Waals surface area (Å²) in [6, 6.07) is 0.0560. The molecule has 0 aromatic rings. The molecule has 0 radical (unpaired) electrons. The molecule has 0 aromatic carbocycles. The zero-order chi connectivity index (χ0) is 12.6. The van der Waals surface area contributed by atoms with E-state index in [9.17, 15) is 9.59 Å². The molecule has 96 valence electrons. The van der Waals surface area contributed by atoms with Gasteiger partial charge in [0.25, 0.3) is 0 Å². The summed E-state index contributed by atoms with van der Waals surface area (Å²) in [5, 5.41) is 2.78. The Labute approximate surface area is 101 Å². The summed E-state index contributed by atoms with van der Waals surface area (Å²) in [7, 11) is 0. The van der Waals surface area contributed by atoms with Crippen molar-refractivity contribution >= 4 is 11.8 Å². The fraction of sp³-hybridized carbons (Fsp3) is 0.833. The normalized spacial score (nSPS) is 33.5. The Kier molecular flexibility index (Phi) is 3.12. The van der Waals surface area contributed by atoms with E-state index in [0.29, 0.717) is 19.6 Å². The Morgan fingerprint density at radius 3 is 2.71 bits per heavy atom. The minimum absolute atomic E-state index is 0.00801. The van der Waals surface area contributed by atoms with Crippen molar-refractivity contribution in [2.45, 2.75) is 51.2 Å². The van der Waals surface area contributed by atoms with Gasteiger partial charge in [0.1, 0.15) is 5.54 Å². The summed E-state index contributed by atoms with van der Waals surface area (Å²) in [4.78, 5) is 26.0. The fourth-order valence-corrected chi connectivity index (χ4v) is 2.61. The molecule has 2 unspecified atom stereocenters. The van der Waals surface area contributed by atoms with E-state index in [0.717, 1.165) is 6.42 Å². The summed E-state index contributed by atoms with van der Waals surface area (Å²) in [6.45, 7) is 6.72. The smallest absolute Gasteiger partial charge is 0.248 e. The third-order valence-electron chi connectivity index (χ3n) is 3.48. The van der Waals surface area contributed by atoms with Crippen LogP contribution in [0.3, 0.4) is 0 Å². The summed E-state index contributed by atoms with van der Waals surface area (Å²) in [5.41, 5.74) is -0.815. The van der Waals surface area contributed by atoms with Gasteiger partial charge in [0, 0.05) is 19.1 Å². The van der Waals surface area contributed by atoms with Gasteiger partial charge in [0.15, 0.2) is 0 Å². The molecule has 1 N–H and O–H groups in total. The number of rotatable bonds is 1. The molecule has 0 saturated carbocycles. The predicted octanol–water partition coefficient (Wildman–Crippen LogP) is 0.291. The highest BCUT2D eigenvalue weighted by molar-refractivity contribution is 5.93. The first-order valence-corrected chi connectivity index (χ1v) is 6.13. The van der Waals surface area contributed by atoms with E-state index in [4.69, 9.17) is 4.74 Å². The van der Waals surface area contributed by atoms with Crippen LogP contribution in [0.1, 0.15) is 33.6 Å². The molecule has 17 heavy (non-hydrogen) atoms. The molecular formula is C12H20N2O3. The van der Waals surface area contributed by atoms with E-state index >= 15 is 0 Å². The van der Waals surface area contributed by atoms with E-state index in [-0.39, 0.29) is 23.9 Å². The number of amides is 2. The molecular weight excluding hydrogens is 220 g/mol. The maximum absolute atomic E-state index is 12.5. The zero-order valence-corrected chi connectivity index (χ0v) is 10.7. The van der Waals surface area contributed by atoms with Gasteiger partial charge in [-0.05, 0) is 27.2 Å². The molecule has 5 heteroatoms. The molecule has 2 fully saturated rings. The highest BCUT2D eigenvalue weighted by Crippen LogP contribution is 2.24. The van der Waals surface area contributed by atoms with Crippen molar-refractivity contribution in [1.29, 1.82) is 0 Å². The van der Waals surface area contributed by atoms with Gasteiger partial charge in [-0.3, -0.25) is 9.59 Å². The van der Waals surface area contributed by atoms with Crippen LogP contribution in [0.25, 0.3) is 0 Å². The monoisotopic (exact) mass is 240 g/mol. The van der Waals surface area contributed by atoms with Crippen molar-refractivity contribution in [3.8, 4) is 0 Å². The SMILES string of the molecule is CC1CC(=O)NC(C)(C)C(=O)N1C1CCOC1. The number of ether oxygens (including phenoxy) is 1. The molecule has 2 amide bonds. The summed E-state index contributed by atoms with van der Waals surface area (Å²) in [6.07, 6.45) is 1.23. The Morgan fingerprint density at radius 2 is 2.12 bits per heavy atom. The lowest BCUT2D eigenvalue weighted by Gasteiger charge is -2.35. The standard InChI is InChI=1S/C12H20N2O3/c1-8-6-10(15)13-12(2,3)11(16)14(8)9-4-5-17-7-9/h8-9H,4-7H2,1-3H3,(H,13,15). The predicted molar refractivity (Wildman–Crippen MR) is 62.4 cm³/mol. The largest absolute Gasteiger partial charge is 0.379 e. The molecule has 2 aliphatic heterocycles. The Balaban J connectivity index is 2.26. The van der Waals surface area contributed by atoms with E-state index in [1.807, 2.05) is 11.8 Å². The summed E-state index contributed by atoms with van der Waals surface area (Å²) in [5.74, 6) is -0.0661. The molecule has 2 rings (SSSR count). The van der Waals surface area contributed by atoms with Gasteiger partial charge in [0.2, 0.25) is 11.8 Å². The third-order valence-corrected chi connectivity index (χ3v) is 3.48. The second-order valence-corrected chi connectivity index (χ2v) is 5.46. The van der Waals surface area contributed by atoms with Gasteiger partial charge in [-0.15, -0.1) is 0 Å². The number of nitrogens with zero attached hydrogens (tertiary/aromatic N) is 1. The van der Waals surface area contributed by atoms with E-state index < -0.39 is 5.54 Å². The van der Waals surface area contributed by atoms with Crippen molar-refractivity contribution in [2.24, 2.45) is 0 Å². The van der Waals surface area contributed by atoms with Gasteiger partial charge in [-0.1, -0.05) is 0 Å². The van der Waals surface area contributed by atoms with Gasteiger partial charge < -0.3 is 15.0 Å². The van der Waals surface area contributed by atoms with Crippen LogP contribution in [-0.2, 0) is 14.3 Å². The van der Waals surface area contributed by atoms with Crippen LogP contribution in [0.4, 0.5) is 0 Å². The van der Waals surface area contributed by atoms with Crippen LogP contribution in [-0.4, -0.2) is 47.6 Å². The summed E-state index contributed by atoms with van der Waals surface area (Å²) < 4.78 is 5.34. The maximum atomic E-state index is 12.5. The Hall–Kier alpha value is -1.10. The Bertz CT molecular complexity index is 335. The van der Waals surface area contributed by atoms with Crippen molar-refractivity contribution in [3.05, 3.63) is 0 Å². The van der Waals surface area contributed by atoms with Crippen LogP contribution in [0, 0.1) is 0 Å². The van der Waals surface area contributed by atoms with Crippen LogP contribution >= 0.6 is 0 Å². The zero-order valence-electron chi connectivity index (χ0n) is 10.7. The van der Waals surface area contributed by atoms with Crippen LogP contribution < -0.4 is 5.32 Å². The molecule has 2 saturated heterocycles. The average molecular weight is 240 g/mol. The van der Waals surface area contributed by atoms with E-state index in [1.54, 1.807) is 13.8 Å². The van der Waals surface area contributed by atoms with Crippen LogP contribution in [0.5, 0.6) is 0 Å². The van der Waals surface area contributed by atoms with Gasteiger partial charge >= 0.3 is 0 Å². The second-order valence-electron chi connectivity index (χ2n) is 5.46. The highest BCUT2D eigenvalue weighted by atomic mass is 16.5. The topological polar surface area (TPSA) is 58.6 Å². The molecule has 0 spiro atoms. The van der Waals surface area contributed by atoms with Crippen LogP contribution in [0.15, 0.2) is 0 Å². The number of carbonyl (C=O) groups is 2. The number of hydrogen-bond acceptors (Lipinski definition) is 3. The lowest BCUT2D eigenvalue weighted by molar-refractivity contribution is -0.141. The molecule has 0 aliphatic carbocycles. The molecule has 0 aromatic heterocycles. The lowest BCUT2D eigenvalue weighted by atomic mass is 10.0. The quantitative estimate of drug-likeness (QED) is 0.716. The number of carbonyl (C=O) groups excluding carboxylic acids is 2. The first kappa shape index (κ1) is 12.4. The maximum Gasteiger partial charge on any atom is 0.248 e. The minimum Gasteiger partial charge on any atom is -0.379 e.